The molecule has 2 N–H and O–H groups in total. The van der Waals surface area contributed by atoms with Gasteiger partial charge in [0.15, 0.2) is 16.9 Å². The van der Waals surface area contributed by atoms with Crippen LogP contribution in [0.1, 0.15) is 30.5 Å². The number of benzene rings is 1. The summed E-state index contributed by atoms with van der Waals surface area (Å²) in [5, 5.41) is 12.0. The summed E-state index contributed by atoms with van der Waals surface area (Å²) in [6, 6.07) is 6.41. The van der Waals surface area contributed by atoms with E-state index < -0.39 is 18.6 Å². The van der Waals surface area contributed by atoms with E-state index in [1.165, 1.54) is 32.9 Å². The number of nitrogens with one attached hydrogen (secondary N) is 1. The van der Waals surface area contributed by atoms with E-state index in [2.05, 4.69) is 17.9 Å². The van der Waals surface area contributed by atoms with Crippen LogP contribution in [-0.4, -0.2) is 57.1 Å². The van der Waals surface area contributed by atoms with E-state index >= 15 is 0 Å². The first-order valence-electron chi connectivity index (χ1n) is 10.7. The number of hydrogen-bond acceptors (Lipinski definition) is 10. The standard InChI is InChI=1S/C23H25NO7S.CH2O.CH4S/c1-12(26)24-16-7-5-13-9-18(31-20(28)11-25)22(29-2)23(30-3)21(13)14-6-8-19(32-4)17(27)10-15(14)16;2*1-2/h6,8-10,16,25H,5,7,11H2,1-4H3,(H,24,26);1H2;2H,1H3/t16-;;/m0../s1. The number of esters is 1. The number of thioether (sulfide) groups is 1. The van der Waals surface area contributed by atoms with Gasteiger partial charge in [-0.3, -0.25) is 9.59 Å². The third kappa shape index (κ3) is 7.02. The molecule has 0 unspecified atom stereocenters. The molecule has 1 atom stereocenters. The molecule has 0 saturated carbocycles. The number of ether oxygens (including phenoxy) is 3. The van der Waals surface area contributed by atoms with E-state index in [4.69, 9.17) is 24.1 Å². The smallest absolute Gasteiger partial charge is 0.337 e. The lowest BCUT2D eigenvalue weighted by molar-refractivity contribution is -0.137. The minimum atomic E-state index is -0.831. The Morgan fingerprint density at radius 2 is 1.81 bits per heavy atom. The van der Waals surface area contributed by atoms with Gasteiger partial charge in [0.2, 0.25) is 11.7 Å². The van der Waals surface area contributed by atoms with Gasteiger partial charge in [0.1, 0.15) is 13.4 Å². The summed E-state index contributed by atoms with van der Waals surface area (Å²) in [5.41, 5.74) is 2.73. The summed E-state index contributed by atoms with van der Waals surface area (Å²) in [6.45, 7) is 2.65. The fourth-order valence-corrected chi connectivity index (χ4v) is 4.41. The molecule has 0 spiro atoms. The fourth-order valence-electron chi connectivity index (χ4n) is 3.94. The van der Waals surface area contributed by atoms with Crippen molar-refractivity contribution >= 4 is 43.1 Å². The van der Waals surface area contributed by atoms with E-state index in [0.29, 0.717) is 40.2 Å². The molecule has 1 amide bonds. The summed E-state index contributed by atoms with van der Waals surface area (Å²) < 4.78 is 16.5. The highest BCUT2D eigenvalue weighted by atomic mass is 32.2. The predicted molar refractivity (Wildman–Crippen MR) is 143 cm³/mol. The lowest BCUT2D eigenvalue weighted by Crippen LogP contribution is -2.26. The fraction of sp³-hybridized carbons (Fsp3) is 0.360. The Hall–Kier alpha value is -3.02. The zero-order chi connectivity index (χ0) is 27.4. The van der Waals surface area contributed by atoms with Crippen molar-refractivity contribution < 1.29 is 33.7 Å². The van der Waals surface area contributed by atoms with Gasteiger partial charge in [-0.05, 0) is 60.2 Å². The van der Waals surface area contributed by atoms with E-state index in [0.717, 1.165) is 5.56 Å². The third-order valence-electron chi connectivity index (χ3n) is 5.23. The number of aliphatic hydroxyl groups is 1. The normalized spacial score (nSPS) is 13.1. The maximum atomic E-state index is 12.8. The van der Waals surface area contributed by atoms with Gasteiger partial charge >= 0.3 is 5.97 Å². The molecule has 0 aliphatic heterocycles. The highest BCUT2D eigenvalue weighted by Crippen LogP contribution is 2.50. The minimum Gasteiger partial charge on any atom is -0.492 e. The van der Waals surface area contributed by atoms with Crippen molar-refractivity contribution in [3.63, 3.8) is 0 Å². The van der Waals surface area contributed by atoms with Crippen LogP contribution < -0.4 is 25.0 Å². The Morgan fingerprint density at radius 3 is 2.33 bits per heavy atom. The number of methoxy groups -OCH3 is 2. The van der Waals surface area contributed by atoms with Gasteiger partial charge in [-0.25, -0.2) is 4.79 Å². The summed E-state index contributed by atoms with van der Waals surface area (Å²) in [6.07, 6.45) is 4.54. The second-order valence-electron chi connectivity index (χ2n) is 7.18. The van der Waals surface area contributed by atoms with Gasteiger partial charge in [-0.2, -0.15) is 12.6 Å². The topological polar surface area (TPSA) is 128 Å². The van der Waals surface area contributed by atoms with Gasteiger partial charge in [0.25, 0.3) is 0 Å². The van der Waals surface area contributed by atoms with E-state index in [-0.39, 0.29) is 22.8 Å². The van der Waals surface area contributed by atoms with Crippen LogP contribution in [0.5, 0.6) is 17.2 Å². The number of carbonyl (C=O) groups is 3. The van der Waals surface area contributed by atoms with Gasteiger partial charge < -0.3 is 29.4 Å². The highest BCUT2D eigenvalue weighted by Gasteiger charge is 2.30. The zero-order valence-corrected chi connectivity index (χ0v) is 22.6. The summed E-state index contributed by atoms with van der Waals surface area (Å²) in [7, 11) is 2.89. The SMILES string of the molecule is C=O.COc1c(OC(=O)CO)cc2c(c1OC)-c1ccc(SC)c(=O)cc1[C@@H](NC(C)=O)CC2.CS. The molecule has 1 aliphatic rings. The second-order valence-corrected chi connectivity index (χ2v) is 8.03. The molecule has 0 bridgehead atoms. The van der Waals surface area contributed by atoms with Crippen LogP contribution in [0.15, 0.2) is 34.0 Å². The highest BCUT2D eigenvalue weighted by molar-refractivity contribution is 7.98. The van der Waals surface area contributed by atoms with Crippen molar-refractivity contribution in [3.8, 4) is 28.4 Å². The van der Waals surface area contributed by atoms with Gasteiger partial charge in [-0.1, -0.05) is 6.07 Å². The number of aryl methyl sites for hydroxylation is 1. The minimum absolute atomic E-state index is 0.122. The van der Waals surface area contributed by atoms with Crippen molar-refractivity contribution in [2.24, 2.45) is 0 Å². The molecule has 0 radical (unpaired) electrons. The lowest BCUT2D eigenvalue weighted by Gasteiger charge is -2.20. The first-order valence-corrected chi connectivity index (χ1v) is 12.8. The van der Waals surface area contributed by atoms with Crippen LogP contribution in [0.4, 0.5) is 0 Å². The number of rotatable bonds is 6. The van der Waals surface area contributed by atoms with Gasteiger partial charge in [0.05, 0.1) is 25.2 Å². The Morgan fingerprint density at radius 1 is 1.17 bits per heavy atom. The van der Waals surface area contributed by atoms with Crippen LogP contribution in [-0.2, 0) is 20.8 Å². The Labute approximate surface area is 219 Å². The molecule has 2 aromatic carbocycles. The Bertz CT molecular complexity index is 1140. The molecule has 2 aromatic rings. The molecule has 11 heteroatoms. The summed E-state index contributed by atoms with van der Waals surface area (Å²) >= 11 is 4.87. The Kier molecular flexibility index (Phi) is 13.1. The largest absolute Gasteiger partial charge is 0.492 e. The monoisotopic (exact) mass is 537 g/mol. The number of hydrogen-bond donors (Lipinski definition) is 3. The first kappa shape index (κ1) is 31.0. The van der Waals surface area contributed by atoms with Crippen molar-refractivity contribution in [2.45, 2.75) is 30.7 Å². The number of carbonyl (C=O) groups excluding carboxylic acids is 3. The molecular formula is C25H31NO8S2. The molecule has 0 fully saturated rings. The Balaban J connectivity index is 0.00000154. The van der Waals surface area contributed by atoms with E-state index in [1.54, 1.807) is 24.5 Å². The third-order valence-corrected chi connectivity index (χ3v) is 6.01. The van der Waals surface area contributed by atoms with E-state index in [1.807, 2.05) is 19.1 Å². The number of aliphatic hydroxyl groups excluding tert-OH is 1. The molecule has 1 aliphatic carbocycles. The van der Waals surface area contributed by atoms with Gasteiger partial charge in [-0.15, -0.1) is 11.8 Å². The quantitative estimate of drug-likeness (QED) is 0.221. The van der Waals surface area contributed by atoms with Crippen LogP contribution in [0.25, 0.3) is 11.1 Å². The molecule has 196 valence electrons. The molecule has 3 rings (SSSR count). The lowest BCUT2D eigenvalue weighted by atomic mass is 9.95. The maximum Gasteiger partial charge on any atom is 0.337 e. The van der Waals surface area contributed by atoms with Crippen LogP contribution in [0.2, 0.25) is 0 Å². The average Bonchev–Trinajstić information content (AvgIpc) is 3.13. The molecule has 9 nitrogen and oxygen atoms in total. The predicted octanol–water partition coefficient (Wildman–Crippen LogP) is 2.84. The first-order chi connectivity index (χ1) is 17.3. The molecule has 0 heterocycles. The number of thiol groups is 1. The number of amides is 1. The van der Waals surface area contributed by atoms with Crippen molar-refractivity contribution in [1.29, 1.82) is 0 Å². The van der Waals surface area contributed by atoms with Crippen molar-refractivity contribution in [3.05, 3.63) is 45.6 Å². The molecule has 0 saturated heterocycles. The number of fused-ring (bicyclic) bond motifs is 3. The van der Waals surface area contributed by atoms with Crippen LogP contribution in [0, 0.1) is 0 Å². The van der Waals surface area contributed by atoms with Crippen LogP contribution >= 0.6 is 24.4 Å². The molecular weight excluding hydrogens is 506 g/mol. The molecule has 0 aromatic heterocycles. The zero-order valence-electron chi connectivity index (χ0n) is 20.9. The maximum absolute atomic E-state index is 12.8. The van der Waals surface area contributed by atoms with Crippen molar-refractivity contribution in [2.75, 3.05) is 33.3 Å². The average molecular weight is 538 g/mol. The summed E-state index contributed by atoms with van der Waals surface area (Å²) in [5.74, 6) is -0.396. The van der Waals surface area contributed by atoms with Crippen LogP contribution in [0.3, 0.4) is 0 Å². The van der Waals surface area contributed by atoms with Crippen molar-refractivity contribution in [1.82, 2.24) is 5.32 Å². The molecule has 36 heavy (non-hydrogen) atoms. The summed E-state index contributed by atoms with van der Waals surface area (Å²) in [4.78, 5) is 45.0. The second kappa shape index (κ2) is 15.2. The van der Waals surface area contributed by atoms with E-state index in [9.17, 15) is 14.4 Å². The van der Waals surface area contributed by atoms with Gasteiger partial charge in [0, 0.05) is 12.5 Å².